The fraction of sp³-hybridized carbons (Fsp3) is 0.208. The van der Waals surface area contributed by atoms with Gasteiger partial charge in [0.1, 0.15) is 5.75 Å². The lowest BCUT2D eigenvalue weighted by Gasteiger charge is -2.18. The number of nitrogens with zero attached hydrogens (tertiary/aromatic N) is 1. The van der Waals surface area contributed by atoms with Crippen molar-refractivity contribution in [2.24, 2.45) is 0 Å². The molecule has 7 heteroatoms. The van der Waals surface area contributed by atoms with Crippen LogP contribution in [0.1, 0.15) is 35.3 Å². The highest BCUT2D eigenvalue weighted by atomic mass is 35.5. The molecule has 31 heavy (non-hydrogen) atoms. The highest BCUT2D eigenvalue weighted by molar-refractivity contribution is 6.42. The van der Waals surface area contributed by atoms with Gasteiger partial charge in [-0.25, -0.2) is 4.79 Å². The maximum Gasteiger partial charge on any atom is 0.337 e. The number of halogens is 2. The van der Waals surface area contributed by atoms with Crippen LogP contribution < -0.4 is 15.0 Å². The van der Waals surface area contributed by atoms with E-state index in [9.17, 15) is 9.90 Å². The van der Waals surface area contributed by atoms with Gasteiger partial charge in [0, 0.05) is 30.5 Å². The second-order valence-electron chi connectivity index (χ2n) is 7.74. The average molecular weight is 457 g/mol. The molecule has 160 valence electrons. The summed E-state index contributed by atoms with van der Waals surface area (Å²) in [6.45, 7) is 5.35. The number of aromatic carboxylic acids is 1. The van der Waals surface area contributed by atoms with E-state index in [2.05, 4.69) is 22.3 Å². The Balaban J connectivity index is 1.57. The molecule has 0 unspecified atom stereocenters. The van der Waals surface area contributed by atoms with Crippen LogP contribution in [0.2, 0.25) is 10.0 Å². The molecule has 1 heterocycles. The van der Waals surface area contributed by atoms with Gasteiger partial charge in [-0.15, -0.1) is 0 Å². The minimum Gasteiger partial charge on any atom is -0.491 e. The van der Waals surface area contributed by atoms with Crippen LogP contribution in [0, 0.1) is 0 Å². The maximum atomic E-state index is 11.7. The summed E-state index contributed by atoms with van der Waals surface area (Å²) in [7, 11) is 0. The lowest BCUT2D eigenvalue weighted by Crippen LogP contribution is -2.14. The van der Waals surface area contributed by atoms with Crippen LogP contribution in [-0.2, 0) is 13.1 Å². The molecule has 3 aromatic carbocycles. The Bertz CT molecular complexity index is 1150. The molecule has 4 rings (SSSR count). The third-order valence-corrected chi connectivity index (χ3v) is 5.81. The predicted molar refractivity (Wildman–Crippen MR) is 125 cm³/mol. The molecule has 0 amide bonds. The molecule has 1 aliphatic rings. The molecular formula is C24H22Cl2N2O3. The zero-order valence-electron chi connectivity index (χ0n) is 17.2. The van der Waals surface area contributed by atoms with Crippen molar-refractivity contribution in [3.63, 3.8) is 0 Å². The third kappa shape index (κ3) is 4.73. The van der Waals surface area contributed by atoms with Crippen LogP contribution in [0.4, 0.5) is 17.1 Å². The topological polar surface area (TPSA) is 61.8 Å². The molecule has 3 aromatic rings. The number of fused-ring (bicyclic) bond motifs is 1. The number of carboxylic acids is 1. The van der Waals surface area contributed by atoms with Crippen molar-refractivity contribution in [3.8, 4) is 5.75 Å². The largest absolute Gasteiger partial charge is 0.491 e. The molecule has 0 saturated heterocycles. The fourth-order valence-corrected chi connectivity index (χ4v) is 3.94. The highest BCUT2D eigenvalue weighted by Crippen LogP contribution is 2.34. The van der Waals surface area contributed by atoms with Gasteiger partial charge in [-0.2, -0.15) is 0 Å². The summed E-state index contributed by atoms with van der Waals surface area (Å²) in [4.78, 5) is 13.9. The van der Waals surface area contributed by atoms with Gasteiger partial charge in [0.15, 0.2) is 0 Å². The Morgan fingerprint density at radius 2 is 1.77 bits per heavy atom. The van der Waals surface area contributed by atoms with E-state index in [1.807, 2.05) is 32.0 Å². The second kappa shape index (κ2) is 8.69. The minimum atomic E-state index is -0.995. The van der Waals surface area contributed by atoms with Crippen LogP contribution in [0.15, 0.2) is 54.6 Å². The van der Waals surface area contributed by atoms with Gasteiger partial charge in [-0.1, -0.05) is 29.3 Å². The van der Waals surface area contributed by atoms with Crippen LogP contribution in [0.5, 0.6) is 5.75 Å². The number of carboxylic acid groups (broad SMARTS) is 1. The first-order valence-electron chi connectivity index (χ1n) is 9.93. The molecule has 5 nitrogen and oxygen atoms in total. The molecule has 0 saturated carbocycles. The Hall–Kier alpha value is -2.89. The smallest absolute Gasteiger partial charge is 0.337 e. The Morgan fingerprint density at radius 1 is 1.00 bits per heavy atom. The molecule has 0 atom stereocenters. The highest BCUT2D eigenvalue weighted by Gasteiger charge is 2.21. The van der Waals surface area contributed by atoms with E-state index in [1.165, 1.54) is 11.1 Å². The lowest BCUT2D eigenvalue weighted by molar-refractivity contribution is 0.0698. The van der Waals surface area contributed by atoms with E-state index >= 15 is 0 Å². The summed E-state index contributed by atoms with van der Waals surface area (Å²) < 4.78 is 5.72. The van der Waals surface area contributed by atoms with Gasteiger partial charge >= 0.3 is 5.97 Å². The zero-order chi connectivity index (χ0) is 22.1. The summed E-state index contributed by atoms with van der Waals surface area (Å²) in [5, 5.41) is 13.9. The van der Waals surface area contributed by atoms with Gasteiger partial charge in [-0.3, -0.25) is 0 Å². The van der Waals surface area contributed by atoms with E-state index in [0.717, 1.165) is 24.5 Å². The van der Waals surface area contributed by atoms with Gasteiger partial charge < -0.3 is 20.1 Å². The third-order valence-electron chi connectivity index (χ3n) is 5.07. The lowest BCUT2D eigenvalue weighted by atomic mass is 10.1. The summed E-state index contributed by atoms with van der Waals surface area (Å²) in [5.41, 5.74) is 4.89. The first kappa shape index (κ1) is 21.3. The number of rotatable bonds is 6. The number of nitrogens with one attached hydrogen (secondary N) is 1. The Labute approximate surface area is 191 Å². The van der Waals surface area contributed by atoms with E-state index in [1.54, 1.807) is 24.3 Å². The minimum absolute atomic E-state index is 0.00382. The number of anilines is 3. The molecule has 0 radical (unpaired) electrons. The molecule has 2 N–H and O–H groups in total. The zero-order valence-corrected chi connectivity index (χ0v) is 18.7. The number of ether oxygens (including phenoxy) is 1. The van der Waals surface area contributed by atoms with E-state index in [0.29, 0.717) is 21.5 Å². The van der Waals surface area contributed by atoms with Gasteiger partial charge in [0.25, 0.3) is 0 Å². The van der Waals surface area contributed by atoms with Crippen molar-refractivity contribution in [2.75, 3.05) is 10.2 Å². The maximum absolute atomic E-state index is 11.7. The van der Waals surface area contributed by atoms with Gasteiger partial charge in [0.05, 0.1) is 27.4 Å². The number of hydrogen-bond acceptors (Lipinski definition) is 4. The van der Waals surface area contributed by atoms with Crippen LogP contribution in [0.3, 0.4) is 0 Å². The average Bonchev–Trinajstić information content (AvgIpc) is 3.13. The number of benzene rings is 3. The van der Waals surface area contributed by atoms with E-state index in [4.69, 9.17) is 27.9 Å². The molecular weight excluding hydrogens is 435 g/mol. The van der Waals surface area contributed by atoms with Crippen LogP contribution in [-0.4, -0.2) is 17.2 Å². The fourth-order valence-electron chi connectivity index (χ4n) is 3.65. The second-order valence-corrected chi connectivity index (χ2v) is 8.56. The first-order valence-corrected chi connectivity index (χ1v) is 10.7. The van der Waals surface area contributed by atoms with Crippen LogP contribution >= 0.6 is 23.2 Å². The van der Waals surface area contributed by atoms with Gasteiger partial charge in [-0.05, 0) is 67.4 Å². The molecule has 0 bridgehead atoms. The Morgan fingerprint density at radius 3 is 2.48 bits per heavy atom. The van der Waals surface area contributed by atoms with E-state index < -0.39 is 5.97 Å². The SMILES string of the molecule is CC(C)Oc1ccc(C(=O)O)c(Nc2ccc3c(c2)CN(c2ccc(Cl)c(Cl)c2)C3)c1. The molecule has 0 fully saturated rings. The summed E-state index contributed by atoms with van der Waals surface area (Å²) >= 11 is 12.2. The van der Waals surface area contributed by atoms with Crippen molar-refractivity contribution in [2.45, 2.75) is 33.0 Å². The number of carbonyl (C=O) groups is 1. The van der Waals surface area contributed by atoms with Crippen molar-refractivity contribution in [1.29, 1.82) is 0 Å². The molecule has 0 spiro atoms. The predicted octanol–water partition coefficient (Wildman–Crippen LogP) is 6.74. The van der Waals surface area contributed by atoms with Gasteiger partial charge in [0.2, 0.25) is 0 Å². The monoisotopic (exact) mass is 456 g/mol. The first-order chi connectivity index (χ1) is 14.8. The quantitative estimate of drug-likeness (QED) is 0.429. The van der Waals surface area contributed by atoms with Crippen molar-refractivity contribution < 1.29 is 14.6 Å². The molecule has 0 aliphatic carbocycles. The number of hydrogen-bond donors (Lipinski definition) is 2. The summed E-state index contributed by atoms with van der Waals surface area (Å²) in [5.74, 6) is -0.375. The summed E-state index contributed by atoms with van der Waals surface area (Å²) in [6, 6.07) is 16.6. The normalized spacial score (nSPS) is 12.7. The Kier molecular flexibility index (Phi) is 5.99. The summed E-state index contributed by atoms with van der Waals surface area (Å²) in [6.07, 6.45) is -0.00382. The molecule has 1 aliphatic heterocycles. The van der Waals surface area contributed by atoms with Crippen molar-refractivity contribution in [3.05, 3.63) is 81.3 Å². The molecule has 0 aromatic heterocycles. The van der Waals surface area contributed by atoms with E-state index in [-0.39, 0.29) is 11.7 Å². The van der Waals surface area contributed by atoms with Crippen molar-refractivity contribution >= 4 is 46.2 Å². The van der Waals surface area contributed by atoms with Crippen LogP contribution in [0.25, 0.3) is 0 Å². The van der Waals surface area contributed by atoms with Crippen molar-refractivity contribution in [1.82, 2.24) is 0 Å². The standard InChI is InChI=1S/C24H22Cl2N2O3/c1-14(2)31-19-6-7-20(24(29)30)23(11-19)27-17-4-3-15-12-28(13-16(15)9-17)18-5-8-21(25)22(26)10-18/h3-11,14,27H,12-13H2,1-2H3,(H,29,30).